The van der Waals surface area contributed by atoms with Gasteiger partial charge in [0.05, 0.1) is 5.39 Å². The van der Waals surface area contributed by atoms with Crippen molar-refractivity contribution >= 4 is 10.8 Å². The number of H-pyrrole nitrogens is 1. The molecule has 0 spiro atoms. The highest BCUT2D eigenvalue weighted by Gasteiger charge is 2.10. The second-order valence-corrected chi connectivity index (χ2v) is 5.21. The highest BCUT2D eigenvalue weighted by atomic mass is 16.3. The zero-order chi connectivity index (χ0) is 15.5. The quantitative estimate of drug-likeness (QED) is 0.693. The Hall–Kier alpha value is -2.59. The Morgan fingerprint density at radius 3 is 2.64 bits per heavy atom. The fourth-order valence-corrected chi connectivity index (χ4v) is 2.60. The lowest BCUT2D eigenvalue weighted by atomic mass is 9.99. The first kappa shape index (κ1) is 14.4. The van der Waals surface area contributed by atoms with Crippen LogP contribution < -0.4 is 10.9 Å². The SMILES string of the molecule is CCNCc1ccc(-c2c[nH]c(=O)c3cccc(O)c23)cc1. The third kappa shape index (κ3) is 2.61. The average Bonchev–Trinajstić information content (AvgIpc) is 2.55. The van der Waals surface area contributed by atoms with E-state index in [1.165, 1.54) is 5.56 Å². The van der Waals surface area contributed by atoms with Crippen LogP contribution in [0.2, 0.25) is 0 Å². The molecule has 0 aliphatic rings. The summed E-state index contributed by atoms with van der Waals surface area (Å²) in [7, 11) is 0. The zero-order valence-corrected chi connectivity index (χ0v) is 12.4. The van der Waals surface area contributed by atoms with E-state index in [9.17, 15) is 9.90 Å². The molecule has 0 aliphatic heterocycles. The first-order valence-electron chi connectivity index (χ1n) is 7.34. The highest BCUT2D eigenvalue weighted by Crippen LogP contribution is 2.32. The second-order valence-electron chi connectivity index (χ2n) is 5.21. The van der Waals surface area contributed by atoms with Gasteiger partial charge in [-0.15, -0.1) is 0 Å². The van der Waals surface area contributed by atoms with Gasteiger partial charge in [-0.2, -0.15) is 0 Å². The lowest BCUT2D eigenvalue weighted by Gasteiger charge is -2.09. The molecule has 112 valence electrons. The molecule has 0 saturated carbocycles. The summed E-state index contributed by atoms with van der Waals surface area (Å²) in [5.41, 5.74) is 2.78. The molecule has 0 bridgehead atoms. The van der Waals surface area contributed by atoms with Crippen molar-refractivity contribution in [3.8, 4) is 16.9 Å². The summed E-state index contributed by atoms with van der Waals surface area (Å²) < 4.78 is 0. The minimum Gasteiger partial charge on any atom is -0.507 e. The molecular weight excluding hydrogens is 276 g/mol. The number of nitrogens with one attached hydrogen (secondary N) is 2. The van der Waals surface area contributed by atoms with Crippen molar-refractivity contribution in [3.05, 3.63) is 64.6 Å². The maximum Gasteiger partial charge on any atom is 0.255 e. The highest BCUT2D eigenvalue weighted by molar-refractivity contribution is 5.99. The first-order chi connectivity index (χ1) is 10.7. The molecule has 4 heteroatoms. The van der Waals surface area contributed by atoms with Crippen LogP contribution in [0.4, 0.5) is 0 Å². The number of phenolic OH excluding ortho intramolecular Hbond substituents is 1. The van der Waals surface area contributed by atoms with E-state index < -0.39 is 0 Å². The molecule has 0 unspecified atom stereocenters. The number of rotatable bonds is 4. The zero-order valence-electron chi connectivity index (χ0n) is 12.4. The Balaban J connectivity index is 2.10. The number of pyridine rings is 1. The molecule has 0 aliphatic carbocycles. The number of aromatic hydroxyl groups is 1. The third-order valence-corrected chi connectivity index (χ3v) is 3.75. The molecule has 0 fully saturated rings. The van der Waals surface area contributed by atoms with Crippen molar-refractivity contribution in [1.29, 1.82) is 0 Å². The Kier molecular flexibility index (Phi) is 3.94. The van der Waals surface area contributed by atoms with Gasteiger partial charge in [0.15, 0.2) is 0 Å². The van der Waals surface area contributed by atoms with Gasteiger partial charge in [-0.05, 0) is 29.8 Å². The maximum absolute atomic E-state index is 11.9. The van der Waals surface area contributed by atoms with Crippen molar-refractivity contribution in [2.45, 2.75) is 13.5 Å². The molecule has 1 aromatic heterocycles. The molecule has 3 aromatic rings. The molecule has 1 heterocycles. The van der Waals surface area contributed by atoms with E-state index in [0.29, 0.717) is 10.8 Å². The van der Waals surface area contributed by atoms with Crippen molar-refractivity contribution < 1.29 is 5.11 Å². The summed E-state index contributed by atoms with van der Waals surface area (Å²) in [4.78, 5) is 14.7. The third-order valence-electron chi connectivity index (χ3n) is 3.75. The van der Waals surface area contributed by atoms with Crippen LogP contribution in [0, 0.1) is 0 Å². The Bertz CT molecular complexity index is 851. The second kappa shape index (κ2) is 6.03. The Labute approximate surface area is 128 Å². The number of fused-ring (bicyclic) bond motifs is 1. The topological polar surface area (TPSA) is 65.1 Å². The number of phenols is 1. The average molecular weight is 294 g/mol. The van der Waals surface area contributed by atoms with Crippen molar-refractivity contribution in [2.75, 3.05) is 6.54 Å². The van der Waals surface area contributed by atoms with Crippen LogP contribution >= 0.6 is 0 Å². The molecule has 22 heavy (non-hydrogen) atoms. The van der Waals surface area contributed by atoms with Gasteiger partial charge in [0.25, 0.3) is 5.56 Å². The Morgan fingerprint density at radius 2 is 1.91 bits per heavy atom. The van der Waals surface area contributed by atoms with Crippen LogP contribution in [0.5, 0.6) is 5.75 Å². The van der Waals surface area contributed by atoms with E-state index in [4.69, 9.17) is 0 Å². The smallest absolute Gasteiger partial charge is 0.255 e. The first-order valence-corrected chi connectivity index (χ1v) is 7.34. The predicted molar refractivity (Wildman–Crippen MR) is 89.1 cm³/mol. The number of hydrogen-bond acceptors (Lipinski definition) is 3. The number of benzene rings is 2. The fourth-order valence-electron chi connectivity index (χ4n) is 2.60. The van der Waals surface area contributed by atoms with Crippen LogP contribution in [0.25, 0.3) is 21.9 Å². The predicted octanol–water partition coefficient (Wildman–Crippen LogP) is 3.01. The van der Waals surface area contributed by atoms with E-state index in [0.717, 1.165) is 24.2 Å². The molecule has 0 radical (unpaired) electrons. The van der Waals surface area contributed by atoms with Gasteiger partial charge in [-0.1, -0.05) is 37.3 Å². The summed E-state index contributed by atoms with van der Waals surface area (Å²) >= 11 is 0. The van der Waals surface area contributed by atoms with Crippen LogP contribution in [0.15, 0.2) is 53.5 Å². The van der Waals surface area contributed by atoms with Gasteiger partial charge in [0.1, 0.15) is 5.75 Å². The minimum atomic E-state index is -0.196. The van der Waals surface area contributed by atoms with Gasteiger partial charge >= 0.3 is 0 Å². The van der Waals surface area contributed by atoms with Gasteiger partial charge < -0.3 is 15.4 Å². The molecule has 3 rings (SSSR count). The normalized spacial score (nSPS) is 11.0. The summed E-state index contributed by atoms with van der Waals surface area (Å²) in [5, 5.41) is 14.5. The standard InChI is InChI=1S/C18H18N2O2/c1-2-19-10-12-6-8-13(9-7-12)15-11-20-18(22)14-4-3-5-16(21)17(14)15/h3-9,11,19,21H,2,10H2,1H3,(H,20,22). The van der Waals surface area contributed by atoms with Crippen LogP contribution in [-0.4, -0.2) is 16.6 Å². The molecule has 4 nitrogen and oxygen atoms in total. The molecule has 0 amide bonds. The van der Waals surface area contributed by atoms with Gasteiger partial charge in [-0.25, -0.2) is 0 Å². The van der Waals surface area contributed by atoms with E-state index in [1.807, 2.05) is 12.1 Å². The van der Waals surface area contributed by atoms with Crippen molar-refractivity contribution in [2.24, 2.45) is 0 Å². The van der Waals surface area contributed by atoms with Gasteiger partial charge in [-0.3, -0.25) is 4.79 Å². The monoisotopic (exact) mass is 294 g/mol. The molecule has 3 N–H and O–H groups in total. The number of aromatic nitrogens is 1. The lowest BCUT2D eigenvalue weighted by Crippen LogP contribution is -2.11. The van der Waals surface area contributed by atoms with Crippen molar-refractivity contribution in [1.82, 2.24) is 10.3 Å². The summed E-state index contributed by atoms with van der Waals surface area (Å²) in [5.74, 6) is 0.121. The van der Waals surface area contributed by atoms with Crippen LogP contribution in [0.1, 0.15) is 12.5 Å². The number of hydrogen-bond donors (Lipinski definition) is 3. The largest absolute Gasteiger partial charge is 0.507 e. The minimum absolute atomic E-state index is 0.121. The van der Waals surface area contributed by atoms with E-state index in [1.54, 1.807) is 24.4 Å². The van der Waals surface area contributed by atoms with E-state index in [-0.39, 0.29) is 11.3 Å². The van der Waals surface area contributed by atoms with Crippen molar-refractivity contribution in [3.63, 3.8) is 0 Å². The fraction of sp³-hybridized carbons (Fsp3) is 0.167. The van der Waals surface area contributed by atoms with Crippen LogP contribution in [-0.2, 0) is 6.54 Å². The number of aromatic amines is 1. The van der Waals surface area contributed by atoms with Crippen LogP contribution in [0.3, 0.4) is 0 Å². The molecular formula is C18H18N2O2. The summed E-state index contributed by atoms with van der Waals surface area (Å²) in [6, 6.07) is 13.1. The lowest BCUT2D eigenvalue weighted by molar-refractivity contribution is 0.481. The molecule has 2 aromatic carbocycles. The summed E-state index contributed by atoms with van der Waals surface area (Å²) in [6.07, 6.45) is 1.66. The molecule has 0 atom stereocenters. The van der Waals surface area contributed by atoms with E-state index >= 15 is 0 Å². The van der Waals surface area contributed by atoms with Gasteiger partial charge in [0, 0.05) is 23.7 Å². The maximum atomic E-state index is 11.9. The van der Waals surface area contributed by atoms with Gasteiger partial charge in [0.2, 0.25) is 0 Å². The Morgan fingerprint density at radius 1 is 1.14 bits per heavy atom. The van der Waals surface area contributed by atoms with E-state index in [2.05, 4.69) is 29.4 Å². The molecule has 0 saturated heterocycles. The summed E-state index contributed by atoms with van der Waals surface area (Å²) in [6.45, 7) is 3.83.